The number of ether oxygens (including phenoxy) is 2. The van der Waals surface area contributed by atoms with Crippen LogP contribution in [0.1, 0.15) is 47.3 Å². The Morgan fingerprint density at radius 2 is 1.97 bits per heavy atom. The zero-order valence-corrected chi connectivity index (χ0v) is 20.1. The lowest BCUT2D eigenvalue weighted by molar-refractivity contribution is -0.126. The van der Waals surface area contributed by atoms with Crippen molar-refractivity contribution in [2.45, 2.75) is 26.7 Å². The molecule has 1 fully saturated rings. The van der Waals surface area contributed by atoms with E-state index in [1.54, 1.807) is 0 Å². The number of hydrogen-bond acceptors (Lipinski definition) is 7. The fourth-order valence-electron chi connectivity index (χ4n) is 4.28. The number of carbonyl (C=O) groups excluding carboxylic acids is 2. The average molecular weight is 475 g/mol. The molecular weight excluding hydrogens is 448 g/mol. The summed E-state index contributed by atoms with van der Waals surface area (Å²) in [5.41, 5.74) is 3.75. The van der Waals surface area contributed by atoms with E-state index in [2.05, 4.69) is 26.0 Å². The number of allylic oxidation sites excluding steroid dienone is 2. The number of hydrogen-bond donors (Lipinski definition) is 2. The van der Waals surface area contributed by atoms with Crippen molar-refractivity contribution in [2.75, 3.05) is 27.3 Å². The number of aromatic amines is 2. The number of pyridine rings is 1. The number of nitrogens with one attached hydrogen (secondary N) is 2. The molecule has 0 aliphatic carbocycles. The second kappa shape index (κ2) is 9.85. The van der Waals surface area contributed by atoms with Crippen LogP contribution in [0.3, 0.4) is 0 Å². The quantitative estimate of drug-likeness (QED) is 0.317. The topological polar surface area (TPSA) is 137 Å². The van der Waals surface area contributed by atoms with E-state index in [0.717, 1.165) is 17.0 Å². The van der Waals surface area contributed by atoms with Crippen molar-refractivity contribution in [1.29, 1.82) is 5.26 Å². The van der Waals surface area contributed by atoms with Crippen LogP contribution in [0.2, 0.25) is 0 Å². The van der Waals surface area contributed by atoms with Gasteiger partial charge in [0.15, 0.2) is 0 Å². The van der Waals surface area contributed by atoms with E-state index < -0.39 is 11.7 Å². The number of ketones is 1. The number of piperidine rings is 1. The Balaban J connectivity index is 1.55. The van der Waals surface area contributed by atoms with Gasteiger partial charge < -0.3 is 24.3 Å². The number of nitrogens with zero attached hydrogens (tertiary/aromatic N) is 4. The molecule has 0 atom stereocenters. The number of aryl methyl sites for hydroxylation is 1. The first-order chi connectivity index (χ1) is 16.9. The molecule has 0 unspecified atom stereocenters. The van der Waals surface area contributed by atoms with Crippen LogP contribution in [-0.4, -0.2) is 63.8 Å². The molecule has 3 aromatic heterocycles. The van der Waals surface area contributed by atoms with Gasteiger partial charge in [0, 0.05) is 25.0 Å². The normalized spacial score (nSPS) is 13.8. The molecule has 0 bridgehead atoms. The van der Waals surface area contributed by atoms with Crippen LogP contribution in [0, 0.1) is 18.3 Å². The lowest BCUT2D eigenvalue weighted by Crippen LogP contribution is -2.40. The summed E-state index contributed by atoms with van der Waals surface area (Å²) in [6.07, 6.45) is 7.67. The van der Waals surface area contributed by atoms with Crippen molar-refractivity contribution in [2.24, 2.45) is 0 Å². The van der Waals surface area contributed by atoms with E-state index in [9.17, 15) is 14.9 Å². The minimum Gasteiger partial charge on any atom is -0.494 e. The van der Waals surface area contributed by atoms with Crippen molar-refractivity contribution < 1.29 is 19.1 Å². The summed E-state index contributed by atoms with van der Waals surface area (Å²) < 4.78 is 10.6. The minimum absolute atomic E-state index is 0.198. The first-order valence-electron chi connectivity index (χ1n) is 11.2. The number of fused-ring (bicyclic) bond motifs is 1. The van der Waals surface area contributed by atoms with E-state index >= 15 is 0 Å². The lowest BCUT2D eigenvalue weighted by atomic mass is 9.97. The molecule has 4 heterocycles. The van der Waals surface area contributed by atoms with Gasteiger partial charge in [0.2, 0.25) is 5.88 Å². The van der Waals surface area contributed by atoms with Crippen LogP contribution in [0.15, 0.2) is 24.0 Å². The summed E-state index contributed by atoms with van der Waals surface area (Å²) >= 11 is 0. The number of carbonyl (C=O) groups is 2. The third-order valence-electron chi connectivity index (χ3n) is 6.09. The Morgan fingerprint density at radius 1 is 1.23 bits per heavy atom. The van der Waals surface area contributed by atoms with E-state index in [0.29, 0.717) is 59.9 Å². The standard InChI is InChI=1S/C25H26N6O4/c1-5-6-18-14(2)29-23(30-18)16(11-26)15-7-9-31(10-8-15)25(33)22(32)17-12-27-21-20(17)19(34-3)13-28-24(21)35-4/h5-6,12-13,27H,7-10H2,1-4H3,(H,29,30)/b6-5-. The van der Waals surface area contributed by atoms with Crippen LogP contribution in [0.25, 0.3) is 22.6 Å². The number of Topliss-reactive ketones (excluding diaryl/α,β-unsaturated/α-hetero) is 1. The SMILES string of the molecule is C/C=C\c1nc(C(C#N)=C2CCN(C(=O)C(=O)c3c[nH]c4c(OC)ncc(OC)c34)CC2)[nH]c1C. The Morgan fingerprint density at radius 3 is 2.60 bits per heavy atom. The number of nitriles is 1. The molecule has 1 aliphatic rings. The highest BCUT2D eigenvalue weighted by molar-refractivity contribution is 6.45. The van der Waals surface area contributed by atoms with Gasteiger partial charge in [-0.05, 0) is 38.3 Å². The first-order valence-corrected chi connectivity index (χ1v) is 11.2. The monoisotopic (exact) mass is 474 g/mol. The molecular formula is C25H26N6O4. The highest BCUT2D eigenvalue weighted by atomic mass is 16.5. The largest absolute Gasteiger partial charge is 0.494 e. The number of imidazole rings is 1. The molecule has 1 saturated heterocycles. The Hall–Kier alpha value is -4.39. The third-order valence-corrected chi connectivity index (χ3v) is 6.09. The molecule has 3 aromatic rings. The third kappa shape index (κ3) is 4.28. The minimum atomic E-state index is -0.645. The van der Waals surface area contributed by atoms with Gasteiger partial charge in [-0.15, -0.1) is 0 Å². The van der Waals surface area contributed by atoms with E-state index in [1.807, 2.05) is 26.0 Å². The summed E-state index contributed by atoms with van der Waals surface area (Å²) in [7, 11) is 2.95. The lowest BCUT2D eigenvalue weighted by Gasteiger charge is -2.28. The zero-order chi connectivity index (χ0) is 25.1. The van der Waals surface area contributed by atoms with Crippen LogP contribution in [0.5, 0.6) is 11.6 Å². The maximum absolute atomic E-state index is 13.2. The van der Waals surface area contributed by atoms with Crippen molar-refractivity contribution in [3.05, 3.63) is 46.8 Å². The van der Waals surface area contributed by atoms with Crippen LogP contribution in [-0.2, 0) is 4.79 Å². The van der Waals surface area contributed by atoms with Gasteiger partial charge in [-0.1, -0.05) is 6.08 Å². The van der Waals surface area contributed by atoms with Gasteiger partial charge in [0.1, 0.15) is 23.2 Å². The average Bonchev–Trinajstić information content (AvgIpc) is 3.48. The first kappa shape index (κ1) is 23.8. The second-order valence-corrected chi connectivity index (χ2v) is 8.10. The van der Waals surface area contributed by atoms with Gasteiger partial charge >= 0.3 is 0 Å². The summed E-state index contributed by atoms with van der Waals surface area (Å²) in [5, 5.41) is 10.2. The summed E-state index contributed by atoms with van der Waals surface area (Å²) in [6, 6.07) is 2.26. The zero-order valence-electron chi connectivity index (χ0n) is 20.1. The molecule has 10 heteroatoms. The van der Waals surface area contributed by atoms with E-state index in [4.69, 9.17) is 9.47 Å². The summed E-state index contributed by atoms with van der Waals surface area (Å²) in [6.45, 7) is 4.47. The van der Waals surface area contributed by atoms with E-state index in [1.165, 1.54) is 31.5 Å². The molecule has 2 N–H and O–H groups in total. The van der Waals surface area contributed by atoms with Crippen molar-refractivity contribution in [3.63, 3.8) is 0 Å². The molecule has 4 rings (SSSR count). The highest BCUT2D eigenvalue weighted by Gasteiger charge is 2.30. The fraction of sp³-hybridized carbons (Fsp3) is 0.320. The maximum Gasteiger partial charge on any atom is 0.295 e. The highest BCUT2D eigenvalue weighted by Crippen LogP contribution is 2.34. The molecule has 0 spiro atoms. The van der Waals surface area contributed by atoms with Crippen molar-refractivity contribution in [3.8, 4) is 17.7 Å². The Labute approximate surface area is 202 Å². The molecule has 1 amide bonds. The number of methoxy groups -OCH3 is 2. The number of likely N-dealkylation sites (tertiary alicyclic amines) is 1. The Bertz CT molecular complexity index is 1400. The predicted molar refractivity (Wildman–Crippen MR) is 130 cm³/mol. The summed E-state index contributed by atoms with van der Waals surface area (Å²) in [5.74, 6) is -0.0575. The van der Waals surface area contributed by atoms with Gasteiger partial charge in [-0.25, -0.2) is 9.97 Å². The van der Waals surface area contributed by atoms with Gasteiger partial charge in [-0.3, -0.25) is 9.59 Å². The summed E-state index contributed by atoms with van der Waals surface area (Å²) in [4.78, 5) is 42.6. The molecule has 1 aliphatic heterocycles. The fourth-order valence-corrected chi connectivity index (χ4v) is 4.28. The maximum atomic E-state index is 13.2. The molecule has 10 nitrogen and oxygen atoms in total. The molecule has 35 heavy (non-hydrogen) atoms. The smallest absolute Gasteiger partial charge is 0.295 e. The van der Waals surface area contributed by atoms with Gasteiger partial charge in [0.05, 0.1) is 42.6 Å². The number of amides is 1. The van der Waals surface area contributed by atoms with E-state index in [-0.39, 0.29) is 5.56 Å². The molecule has 0 saturated carbocycles. The number of H-pyrrole nitrogens is 2. The molecule has 180 valence electrons. The number of aromatic nitrogens is 4. The molecule has 0 aromatic carbocycles. The predicted octanol–water partition coefficient (Wildman–Crippen LogP) is 3.43. The van der Waals surface area contributed by atoms with Crippen LogP contribution in [0.4, 0.5) is 0 Å². The van der Waals surface area contributed by atoms with Crippen molar-refractivity contribution in [1.82, 2.24) is 24.8 Å². The molecule has 0 radical (unpaired) electrons. The van der Waals surface area contributed by atoms with Gasteiger partial charge in [-0.2, -0.15) is 5.26 Å². The van der Waals surface area contributed by atoms with Gasteiger partial charge in [0.25, 0.3) is 11.7 Å². The Kier molecular flexibility index (Phi) is 6.68. The number of rotatable bonds is 6. The van der Waals surface area contributed by atoms with Crippen LogP contribution >= 0.6 is 0 Å². The van der Waals surface area contributed by atoms with Crippen LogP contribution < -0.4 is 9.47 Å². The second-order valence-electron chi connectivity index (χ2n) is 8.10. The van der Waals surface area contributed by atoms with Crippen molar-refractivity contribution >= 4 is 34.2 Å².